The quantitative estimate of drug-likeness (QED) is 0.589. The molecule has 1 heterocycles. The van der Waals surface area contributed by atoms with Gasteiger partial charge in [-0.15, -0.1) is 0 Å². The summed E-state index contributed by atoms with van der Waals surface area (Å²) in [6, 6.07) is 0.153. The van der Waals surface area contributed by atoms with E-state index < -0.39 is 0 Å². The summed E-state index contributed by atoms with van der Waals surface area (Å²) < 4.78 is 8.18. The third kappa shape index (κ3) is 3.42. The fraction of sp³-hybridized carbons (Fsp3) is 0.786. The molecule has 0 saturated heterocycles. The highest BCUT2D eigenvalue weighted by molar-refractivity contribution is 9.10. The average molecular weight is 345 g/mol. The van der Waals surface area contributed by atoms with Crippen LogP contribution < -0.4 is 11.3 Å². The maximum Gasteiger partial charge on any atom is 0.0713 e. The zero-order chi connectivity index (χ0) is 14.5. The molecule has 5 nitrogen and oxygen atoms in total. The fourth-order valence-corrected chi connectivity index (χ4v) is 3.81. The molecule has 1 fully saturated rings. The Bertz CT molecular complexity index is 423. The first kappa shape index (κ1) is 15.9. The van der Waals surface area contributed by atoms with Crippen molar-refractivity contribution in [1.82, 2.24) is 15.2 Å². The third-order valence-electron chi connectivity index (χ3n) is 4.45. The molecule has 0 aliphatic heterocycles. The molecule has 1 aromatic rings. The lowest BCUT2D eigenvalue weighted by molar-refractivity contribution is 0.180. The molecule has 0 bridgehead atoms. The van der Waals surface area contributed by atoms with E-state index in [9.17, 15) is 0 Å². The predicted molar refractivity (Wildman–Crippen MR) is 83.0 cm³/mol. The van der Waals surface area contributed by atoms with Gasteiger partial charge in [0.15, 0.2) is 0 Å². The SMILES string of the molecule is CCC1CCC(C(NN)c2c(Br)cnn2CCOC)C1. The molecule has 2 rings (SSSR count). The van der Waals surface area contributed by atoms with Crippen molar-refractivity contribution in [3.05, 3.63) is 16.4 Å². The molecule has 0 spiro atoms. The molecule has 20 heavy (non-hydrogen) atoms. The van der Waals surface area contributed by atoms with Gasteiger partial charge >= 0.3 is 0 Å². The first-order valence-corrected chi connectivity index (χ1v) is 8.16. The van der Waals surface area contributed by atoms with Gasteiger partial charge in [0.25, 0.3) is 0 Å². The summed E-state index contributed by atoms with van der Waals surface area (Å²) in [6.07, 6.45) is 6.89. The predicted octanol–water partition coefficient (Wildman–Crippen LogP) is 2.62. The summed E-state index contributed by atoms with van der Waals surface area (Å²) in [6.45, 7) is 3.68. The van der Waals surface area contributed by atoms with Crippen LogP contribution in [0.3, 0.4) is 0 Å². The second-order valence-corrected chi connectivity index (χ2v) is 6.44. The van der Waals surface area contributed by atoms with Crippen LogP contribution in [0.2, 0.25) is 0 Å². The number of ether oxygens (including phenoxy) is 1. The van der Waals surface area contributed by atoms with E-state index in [-0.39, 0.29) is 6.04 Å². The van der Waals surface area contributed by atoms with Crippen LogP contribution >= 0.6 is 15.9 Å². The lowest BCUT2D eigenvalue weighted by Crippen LogP contribution is -2.35. The molecule has 0 radical (unpaired) electrons. The van der Waals surface area contributed by atoms with E-state index in [0.29, 0.717) is 12.5 Å². The smallest absolute Gasteiger partial charge is 0.0713 e. The van der Waals surface area contributed by atoms with E-state index in [2.05, 4.69) is 33.4 Å². The van der Waals surface area contributed by atoms with E-state index in [1.165, 1.54) is 25.7 Å². The molecule has 3 atom stereocenters. The molecule has 114 valence electrons. The number of hydrazine groups is 1. The molecule has 1 aromatic heterocycles. The molecule has 0 amide bonds. The molecule has 3 unspecified atom stereocenters. The number of nitrogens with zero attached hydrogens (tertiary/aromatic N) is 2. The standard InChI is InChI=1S/C14H25BrN4O/c1-3-10-4-5-11(8-10)13(18-16)14-12(15)9-17-19(14)6-7-20-2/h9-11,13,18H,3-8,16H2,1-2H3. The van der Waals surface area contributed by atoms with Gasteiger partial charge in [-0.25, -0.2) is 0 Å². The second-order valence-electron chi connectivity index (χ2n) is 5.59. The van der Waals surface area contributed by atoms with Gasteiger partial charge in [-0.05, 0) is 40.6 Å². The van der Waals surface area contributed by atoms with Crippen LogP contribution in [0, 0.1) is 11.8 Å². The molecule has 1 saturated carbocycles. The number of rotatable bonds is 7. The minimum Gasteiger partial charge on any atom is -0.383 e. The summed E-state index contributed by atoms with van der Waals surface area (Å²) in [5.74, 6) is 7.27. The second kappa shape index (κ2) is 7.54. The van der Waals surface area contributed by atoms with Gasteiger partial charge in [0, 0.05) is 7.11 Å². The zero-order valence-electron chi connectivity index (χ0n) is 12.3. The molecule has 1 aliphatic rings. The van der Waals surface area contributed by atoms with E-state index in [0.717, 1.165) is 22.6 Å². The van der Waals surface area contributed by atoms with Crippen LogP contribution in [0.5, 0.6) is 0 Å². The Morgan fingerprint density at radius 1 is 1.60 bits per heavy atom. The summed E-state index contributed by atoms with van der Waals surface area (Å²) in [5, 5.41) is 4.43. The first-order valence-electron chi connectivity index (χ1n) is 7.37. The van der Waals surface area contributed by atoms with Crippen molar-refractivity contribution in [2.45, 2.75) is 45.2 Å². The minimum atomic E-state index is 0.153. The topological polar surface area (TPSA) is 65.1 Å². The Balaban J connectivity index is 2.16. The van der Waals surface area contributed by atoms with Crippen molar-refractivity contribution in [3.63, 3.8) is 0 Å². The van der Waals surface area contributed by atoms with Gasteiger partial charge in [-0.3, -0.25) is 16.0 Å². The molecule has 6 heteroatoms. The van der Waals surface area contributed by atoms with Gasteiger partial charge in [0.2, 0.25) is 0 Å². The Hall–Kier alpha value is -0.430. The molecular formula is C14H25BrN4O. The van der Waals surface area contributed by atoms with Crippen molar-refractivity contribution >= 4 is 15.9 Å². The Morgan fingerprint density at radius 2 is 2.40 bits per heavy atom. The fourth-order valence-electron chi connectivity index (χ4n) is 3.26. The van der Waals surface area contributed by atoms with Crippen LogP contribution in [0.1, 0.15) is 44.3 Å². The van der Waals surface area contributed by atoms with Gasteiger partial charge in [0.1, 0.15) is 0 Å². The highest BCUT2D eigenvalue weighted by atomic mass is 79.9. The summed E-state index contributed by atoms with van der Waals surface area (Å²) in [4.78, 5) is 0. The van der Waals surface area contributed by atoms with Crippen LogP contribution in [-0.4, -0.2) is 23.5 Å². The number of methoxy groups -OCH3 is 1. The molecule has 0 aromatic carbocycles. The maximum absolute atomic E-state index is 5.85. The number of aromatic nitrogens is 2. The van der Waals surface area contributed by atoms with Gasteiger partial charge in [-0.1, -0.05) is 19.8 Å². The van der Waals surface area contributed by atoms with Crippen molar-refractivity contribution in [1.29, 1.82) is 0 Å². The van der Waals surface area contributed by atoms with Crippen LogP contribution in [-0.2, 0) is 11.3 Å². The minimum absolute atomic E-state index is 0.153. The maximum atomic E-state index is 5.85. The number of hydrogen-bond acceptors (Lipinski definition) is 4. The average Bonchev–Trinajstić information content (AvgIpc) is 3.06. The summed E-state index contributed by atoms with van der Waals surface area (Å²) >= 11 is 3.61. The Morgan fingerprint density at radius 3 is 3.00 bits per heavy atom. The van der Waals surface area contributed by atoms with Crippen molar-refractivity contribution in [2.24, 2.45) is 17.7 Å². The largest absolute Gasteiger partial charge is 0.383 e. The lowest BCUT2D eigenvalue weighted by Gasteiger charge is -2.24. The first-order chi connectivity index (χ1) is 9.71. The van der Waals surface area contributed by atoms with Crippen molar-refractivity contribution in [3.8, 4) is 0 Å². The zero-order valence-corrected chi connectivity index (χ0v) is 13.9. The number of nitrogens with two attached hydrogens (primary N) is 1. The van der Waals surface area contributed by atoms with Gasteiger partial charge < -0.3 is 4.74 Å². The molecular weight excluding hydrogens is 320 g/mol. The Labute approximate surface area is 129 Å². The highest BCUT2D eigenvalue weighted by Crippen LogP contribution is 2.41. The number of hydrogen-bond donors (Lipinski definition) is 2. The van der Waals surface area contributed by atoms with Crippen LogP contribution in [0.15, 0.2) is 10.7 Å². The Kier molecular flexibility index (Phi) is 6.01. The summed E-state index contributed by atoms with van der Waals surface area (Å²) in [7, 11) is 1.71. The lowest BCUT2D eigenvalue weighted by atomic mass is 9.94. The van der Waals surface area contributed by atoms with Crippen molar-refractivity contribution < 1.29 is 4.74 Å². The van der Waals surface area contributed by atoms with E-state index in [1.807, 2.05) is 10.9 Å². The van der Waals surface area contributed by atoms with Crippen molar-refractivity contribution in [2.75, 3.05) is 13.7 Å². The van der Waals surface area contributed by atoms with Gasteiger partial charge in [0.05, 0.1) is 35.6 Å². The van der Waals surface area contributed by atoms with E-state index in [4.69, 9.17) is 10.6 Å². The van der Waals surface area contributed by atoms with E-state index in [1.54, 1.807) is 7.11 Å². The van der Waals surface area contributed by atoms with Crippen LogP contribution in [0.4, 0.5) is 0 Å². The number of nitrogens with one attached hydrogen (secondary N) is 1. The van der Waals surface area contributed by atoms with E-state index >= 15 is 0 Å². The highest BCUT2D eigenvalue weighted by Gasteiger charge is 2.33. The third-order valence-corrected chi connectivity index (χ3v) is 5.06. The molecule has 1 aliphatic carbocycles. The molecule has 3 N–H and O–H groups in total. The number of halogens is 1. The van der Waals surface area contributed by atoms with Crippen LogP contribution in [0.25, 0.3) is 0 Å². The van der Waals surface area contributed by atoms with Gasteiger partial charge in [-0.2, -0.15) is 5.10 Å². The summed E-state index contributed by atoms with van der Waals surface area (Å²) in [5.41, 5.74) is 4.16. The monoisotopic (exact) mass is 344 g/mol. The normalized spacial score (nSPS) is 24.2.